The largest absolute Gasteiger partial charge is 0.398 e. The Morgan fingerprint density at radius 2 is 2.12 bits per heavy atom. The van der Waals surface area contributed by atoms with E-state index in [0.717, 1.165) is 0 Å². The zero-order valence-corrected chi connectivity index (χ0v) is 9.61. The monoisotopic (exact) mass is 253 g/mol. The maximum Gasteiger partial charge on any atom is 0.243 e. The summed E-state index contributed by atoms with van der Waals surface area (Å²) in [6, 6.07) is 6.26. The Labute approximate surface area is 98.1 Å². The molecule has 90 valence electrons. The fraction of sp³-hybridized carbons (Fsp3) is 0.111. The van der Waals surface area contributed by atoms with Crippen LogP contribution in [0, 0.1) is 0 Å². The van der Waals surface area contributed by atoms with E-state index in [1.807, 2.05) is 0 Å². The molecule has 0 aliphatic carbocycles. The van der Waals surface area contributed by atoms with Crippen molar-refractivity contribution in [3.63, 3.8) is 0 Å². The molecule has 0 bridgehead atoms. The van der Waals surface area contributed by atoms with Gasteiger partial charge >= 0.3 is 0 Å². The van der Waals surface area contributed by atoms with Crippen molar-refractivity contribution in [1.82, 2.24) is 19.9 Å². The van der Waals surface area contributed by atoms with Crippen LogP contribution in [-0.4, -0.2) is 23.6 Å². The number of aromatic amines is 1. The number of nitrogens with zero attached hydrogens (tertiary/aromatic N) is 2. The van der Waals surface area contributed by atoms with Gasteiger partial charge < -0.3 is 5.73 Å². The molecule has 0 saturated carbocycles. The molecule has 7 nitrogen and oxygen atoms in total. The van der Waals surface area contributed by atoms with Gasteiger partial charge in [0.25, 0.3) is 0 Å². The van der Waals surface area contributed by atoms with Crippen LogP contribution < -0.4 is 10.5 Å². The zero-order valence-electron chi connectivity index (χ0n) is 8.79. The quantitative estimate of drug-likeness (QED) is 0.656. The molecule has 0 spiro atoms. The molecule has 1 aromatic carbocycles. The molecule has 2 aromatic rings. The number of hydrogen-bond acceptors (Lipinski definition) is 5. The highest BCUT2D eigenvalue weighted by Crippen LogP contribution is 2.16. The molecular weight excluding hydrogens is 242 g/mol. The molecule has 0 fully saturated rings. The van der Waals surface area contributed by atoms with Crippen molar-refractivity contribution >= 4 is 15.7 Å². The topological polar surface area (TPSA) is 114 Å². The molecule has 8 heteroatoms. The Balaban J connectivity index is 2.17. The van der Waals surface area contributed by atoms with Crippen LogP contribution in [0.2, 0.25) is 0 Å². The Morgan fingerprint density at radius 3 is 2.76 bits per heavy atom. The van der Waals surface area contributed by atoms with E-state index in [4.69, 9.17) is 5.73 Å². The van der Waals surface area contributed by atoms with Gasteiger partial charge in [0.2, 0.25) is 10.0 Å². The molecule has 0 radical (unpaired) electrons. The Morgan fingerprint density at radius 1 is 1.35 bits per heavy atom. The molecular formula is C9H11N5O2S. The summed E-state index contributed by atoms with van der Waals surface area (Å²) in [5.41, 5.74) is 5.81. The van der Waals surface area contributed by atoms with Crippen molar-refractivity contribution in [1.29, 1.82) is 0 Å². The van der Waals surface area contributed by atoms with Crippen LogP contribution in [0.5, 0.6) is 0 Å². The lowest BCUT2D eigenvalue weighted by molar-refractivity contribution is 0.580. The predicted molar refractivity (Wildman–Crippen MR) is 61.3 cm³/mol. The number of aromatic nitrogens is 3. The van der Waals surface area contributed by atoms with E-state index < -0.39 is 10.0 Å². The van der Waals surface area contributed by atoms with E-state index in [1.165, 1.54) is 18.5 Å². The molecule has 0 amide bonds. The third kappa shape index (κ3) is 2.60. The molecule has 0 atom stereocenters. The summed E-state index contributed by atoms with van der Waals surface area (Å²) < 4.78 is 26.2. The first-order valence-electron chi connectivity index (χ1n) is 4.78. The lowest BCUT2D eigenvalue weighted by atomic mass is 10.3. The van der Waals surface area contributed by atoms with E-state index >= 15 is 0 Å². The molecule has 4 N–H and O–H groups in total. The fourth-order valence-electron chi connectivity index (χ4n) is 1.28. The SMILES string of the molecule is Nc1ccccc1S(=O)(=O)NCc1ncn[nH]1. The van der Waals surface area contributed by atoms with E-state index in [0.29, 0.717) is 5.82 Å². The van der Waals surface area contributed by atoms with Crippen LogP contribution in [0.4, 0.5) is 5.69 Å². The van der Waals surface area contributed by atoms with Crippen LogP contribution in [0.15, 0.2) is 35.5 Å². The smallest absolute Gasteiger partial charge is 0.243 e. The normalized spacial score (nSPS) is 11.5. The minimum absolute atomic E-state index is 0.0384. The number of rotatable bonds is 4. The van der Waals surface area contributed by atoms with Crippen molar-refractivity contribution in [2.24, 2.45) is 0 Å². The fourth-order valence-corrected chi connectivity index (χ4v) is 2.40. The van der Waals surface area contributed by atoms with Crippen LogP contribution in [0.1, 0.15) is 5.82 Å². The molecule has 17 heavy (non-hydrogen) atoms. The highest BCUT2D eigenvalue weighted by Gasteiger charge is 2.16. The van der Waals surface area contributed by atoms with Gasteiger partial charge in [-0.05, 0) is 12.1 Å². The summed E-state index contributed by atoms with van der Waals surface area (Å²) in [7, 11) is -3.63. The summed E-state index contributed by atoms with van der Waals surface area (Å²) in [5.74, 6) is 0.433. The number of nitrogens with two attached hydrogens (primary N) is 1. The van der Waals surface area contributed by atoms with Gasteiger partial charge in [0.1, 0.15) is 17.0 Å². The van der Waals surface area contributed by atoms with Gasteiger partial charge in [-0.25, -0.2) is 18.1 Å². The second-order valence-corrected chi connectivity index (χ2v) is 5.03. The molecule has 1 heterocycles. The van der Waals surface area contributed by atoms with Gasteiger partial charge in [-0.3, -0.25) is 5.10 Å². The summed E-state index contributed by atoms with van der Waals surface area (Å²) in [6.07, 6.45) is 1.31. The maximum atomic E-state index is 11.9. The maximum absolute atomic E-state index is 11.9. The predicted octanol–water partition coefficient (Wildman–Crippen LogP) is -0.135. The van der Waals surface area contributed by atoms with Crippen molar-refractivity contribution in [2.45, 2.75) is 11.4 Å². The Kier molecular flexibility index (Phi) is 3.07. The third-order valence-electron chi connectivity index (χ3n) is 2.10. The van der Waals surface area contributed by atoms with Crippen molar-refractivity contribution < 1.29 is 8.42 Å². The average molecular weight is 253 g/mol. The Bertz CT molecular complexity index is 594. The van der Waals surface area contributed by atoms with Gasteiger partial charge in [0.15, 0.2) is 0 Å². The molecule has 1 aromatic heterocycles. The standard InChI is InChI=1S/C9H11N5O2S/c10-7-3-1-2-4-8(7)17(15,16)13-5-9-11-6-12-14-9/h1-4,6,13H,5,10H2,(H,11,12,14). The number of H-pyrrole nitrogens is 1. The van der Waals surface area contributed by atoms with Gasteiger partial charge in [-0.15, -0.1) is 0 Å². The van der Waals surface area contributed by atoms with Crippen molar-refractivity contribution in [3.8, 4) is 0 Å². The second-order valence-electron chi connectivity index (χ2n) is 3.29. The lowest BCUT2D eigenvalue weighted by Gasteiger charge is -2.07. The first-order valence-corrected chi connectivity index (χ1v) is 6.26. The molecule has 2 rings (SSSR count). The molecule has 0 aliphatic heterocycles. The molecule has 0 aliphatic rings. The minimum Gasteiger partial charge on any atom is -0.398 e. The number of nitrogen functional groups attached to an aromatic ring is 1. The second kappa shape index (κ2) is 4.52. The highest BCUT2D eigenvalue weighted by molar-refractivity contribution is 7.89. The number of nitrogens with one attached hydrogen (secondary N) is 2. The van der Waals surface area contributed by atoms with Crippen LogP contribution >= 0.6 is 0 Å². The van der Waals surface area contributed by atoms with Crippen LogP contribution in [0.25, 0.3) is 0 Å². The number of para-hydroxylation sites is 1. The van der Waals surface area contributed by atoms with Crippen molar-refractivity contribution in [2.75, 3.05) is 5.73 Å². The number of hydrogen-bond donors (Lipinski definition) is 3. The summed E-state index contributed by atoms with van der Waals surface area (Å²) in [5, 5.41) is 6.17. The van der Waals surface area contributed by atoms with Crippen LogP contribution in [-0.2, 0) is 16.6 Å². The number of sulfonamides is 1. The number of anilines is 1. The van der Waals surface area contributed by atoms with E-state index in [1.54, 1.807) is 12.1 Å². The van der Waals surface area contributed by atoms with Gasteiger partial charge in [0, 0.05) is 0 Å². The van der Waals surface area contributed by atoms with E-state index in [9.17, 15) is 8.42 Å². The third-order valence-corrected chi connectivity index (χ3v) is 3.58. The summed E-state index contributed by atoms with van der Waals surface area (Å²) >= 11 is 0. The first-order chi connectivity index (χ1) is 8.09. The summed E-state index contributed by atoms with van der Waals surface area (Å²) in [4.78, 5) is 3.87. The Hall–Kier alpha value is -1.93. The molecule has 0 unspecified atom stereocenters. The van der Waals surface area contributed by atoms with E-state index in [2.05, 4.69) is 19.9 Å². The average Bonchev–Trinajstić information content (AvgIpc) is 2.80. The molecule has 0 saturated heterocycles. The van der Waals surface area contributed by atoms with Gasteiger partial charge in [0.05, 0.1) is 12.2 Å². The first kappa shape index (κ1) is 11.6. The van der Waals surface area contributed by atoms with E-state index in [-0.39, 0.29) is 17.1 Å². The summed E-state index contributed by atoms with van der Waals surface area (Å²) in [6.45, 7) is 0.0384. The van der Waals surface area contributed by atoms with Crippen molar-refractivity contribution in [3.05, 3.63) is 36.4 Å². The lowest BCUT2D eigenvalue weighted by Crippen LogP contribution is -2.24. The number of benzene rings is 1. The van der Waals surface area contributed by atoms with Gasteiger partial charge in [-0.2, -0.15) is 5.10 Å². The highest BCUT2D eigenvalue weighted by atomic mass is 32.2. The minimum atomic E-state index is -3.63. The zero-order chi connectivity index (χ0) is 12.3. The van der Waals surface area contributed by atoms with Crippen LogP contribution in [0.3, 0.4) is 0 Å². The van der Waals surface area contributed by atoms with Gasteiger partial charge in [-0.1, -0.05) is 12.1 Å².